The third-order valence-corrected chi connectivity index (χ3v) is 7.78. The van der Waals surface area contributed by atoms with Gasteiger partial charge in [0.25, 0.3) is 5.91 Å². The van der Waals surface area contributed by atoms with Crippen molar-refractivity contribution >= 4 is 51.7 Å². The molecule has 2 atom stereocenters. The summed E-state index contributed by atoms with van der Waals surface area (Å²) in [5.41, 5.74) is 5.79. The van der Waals surface area contributed by atoms with Gasteiger partial charge in [0.1, 0.15) is 5.25 Å². The van der Waals surface area contributed by atoms with E-state index in [0.29, 0.717) is 22.3 Å². The fourth-order valence-corrected chi connectivity index (χ4v) is 5.44. The van der Waals surface area contributed by atoms with Crippen LogP contribution in [-0.4, -0.2) is 33.0 Å². The lowest BCUT2D eigenvalue weighted by Crippen LogP contribution is -2.25. The van der Waals surface area contributed by atoms with E-state index in [1.165, 1.54) is 17.3 Å². The summed E-state index contributed by atoms with van der Waals surface area (Å²) in [5.74, 6) is -0.583. The number of carbonyl (C=O) groups excluding carboxylic acids is 2. The molecule has 0 aliphatic carbocycles. The molecule has 1 N–H and O–H groups in total. The Kier molecular flexibility index (Phi) is 6.94. The Morgan fingerprint density at radius 3 is 2.56 bits per heavy atom. The van der Waals surface area contributed by atoms with E-state index in [1.54, 1.807) is 12.1 Å². The maximum Gasteiger partial charge on any atom is 0.262 e. The number of benzene rings is 3. The highest BCUT2D eigenvalue weighted by atomic mass is 35.5. The number of aryl methyl sites for hydroxylation is 2. The molecule has 2 aliphatic heterocycles. The van der Waals surface area contributed by atoms with Gasteiger partial charge in [-0.25, -0.2) is 5.01 Å². The highest BCUT2D eigenvalue weighted by Crippen LogP contribution is 2.38. The van der Waals surface area contributed by atoms with E-state index in [-0.39, 0.29) is 24.3 Å². The minimum atomic E-state index is -0.601. The van der Waals surface area contributed by atoms with Crippen LogP contribution in [0.3, 0.4) is 0 Å². The van der Waals surface area contributed by atoms with Crippen LogP contribution < -0.4 is 5.32 Å². The lowest BCUT2D eigenvalue weighted by atomic mass is 9.98. The molecule has 8 heteroatoms. The number of nitrogens with zero attached hydrogens (tertiary/aromatic N) is 3. The van der Waals surface area contributed by atoms with Gasteiger partial charge < -0.3 is 5.32 Å². The molecule has 2 heterocycles. The standard InChI is InChI=1S/C28H25ClN4O2S/c1-17-8-11-20(12-9-17)24-15-23(19-6-4-3-5-7-19)32-33(24)28-31-27(35)25(36-28)16-26(34)30-21-13-10-18(2)22(29)14-21/h3-14,24-25H,15-16H2,1-2H3,(H,30,34)/t24-,25+/m0/s1. The van der Waals surface area contributed by atoms with Crippen molar-refractivity contribution in [2.24, 2.45) is 10.1 Å². The molecular weight excluding hydrogens is 492 g/mol. The number of hydrogen-bond acceptors (Lipinski definition) is 5. The number of amidine groups is 1. The number of halogens is 1. The van der Waals surface area contributed by atoms with Crippen LogP contribution in [0.15, 0.2) is 82.9 Å². The number of amides is 2. The first-order valence-electron chi connectivity index (χ1n) is 11.7. The van der Waals surface area contributed by atoms with Crippen LogP contribution in [0, 0.1) is 13.8 Å². The lowest BCUT2D eigenvalue weighted by molar-refractivity contribution is -0.121. The molecule has 0 saturated heterocycles. The Bertz CT molecular complexity index is 1370. The molecule has 182 valence electrons. The summed E-state index contributed by atoms with van der Waals surface area (Å²) in [7, 11) is 0. The van der Waals surface area contributed by atoms with Gasteiger partial charge in [-0.15, -0.1) is 0 Å². The average molecular weight is 517 g/mol. The second-order valence-electron chi connectivity index (χ2n) is 8.94. The molecular formula is C28H25ClN4O2S. The Morgan fingerprint density at radius 1 is 1.08 bits per heavy atom. The van der Waals surface area contributed by atoms with Gasteiger partial charge in [-0.2, -0.15) is 10.1 Å². The zero-order valence-corrected chi connectivity index (χ0v) is 21.5. The first-order valence-corrected chi connectivity index (χ1v) is 13.0. The van der Waals surface area contributed by atoms with Crippen molar-refractivity contribution in [2.75, 3.05) is 5.32 Å². The van der Waals surface area contributed by atoms with Crippen LogP contribution in [-0.2, 0) is 9.59 Å². The third kappa shape index (κ3) is 5.22. The highest BCUT2D eigenvalue weighted by molar-refractivity contribution is 8.15. The van der Waals surface area contributed by atoms with E-state index >= 15 is 0 Å². The van der Waals surface area contributed by atoms with Gasteiger partial charge in [-0.1, -0.05) is 89.6 Å². The minimum absolute atomic E-state index is 0.0142. The first-order chi connectivity index (χ1) is 17.4. The number of anilines is 1. The molecule has 0 radical (unpaired) electrons. The molecule has 0 saturated carbocycles. The number of hydrazone groups is 1. The molecule has 0 bridgehead atoms. The highest BCUT2D eigenvalue weighted by Gasteiger charge is 2.39. The maximum absolute atomic E-state index is 12.8. The molecule has 2 aliphatic rings. The largest absolute Gasteiger partial charge is 0.326 e. The predicted molar refractivity (Wildman–Crippen MR) is 147 cm³/mol. The SMILES string of the molecule is Cc1ccc([C@@H]2CC(c3ccccc3)=NN2C2=NC(=O)[C@@H](CC(=O)Nc3ccc(C)c(Cl)c3)S2)cc1. The normalized spacial score (nSPS) is 19.3. The number of nitrogens with one attached hydrogen (secondary N) is 1. The summed E-state index contributed by atoms with van der Waals surface area (Å²) < 4.78 is 0. The van der Waals surface area contributed by atoms with Gasteiger partial charge >= 0.3 is 0 Å². The predicted octanol–water partition coefficient (Wildman–Crippen LogP) is 6.13. The molecule has 2 amide bonds. The monoisotopic (exact) mass is 516 g/mol. The van der Waals surface area contributed by atoms with Gasteiger partial charge in [-0.05, 0) is 42.7 Å². The average Bonchev–Trinajstić information content (AvgIpc) is 3.46. The summed E-state index contributed by atoms with van der Waals surface area (Å²) in [4.78, 5) is 29.8. The van der Waals surface area contributed by atoms with E-state index in [0.717, 1.165) is 22.4 Å². The Balaban J connectivity index is 1.33. The molecule has 6 nitrogen and oxygen atoms in total. The quantitative estimate of drug-likeness (QED) is 0.442. The van der Waals surface area contributed by atoms with Crippen LogP contribution >= 0.6 is 23.4 Å². The minimum Gasteiger partial charge on any atom is -0.326 e. The van der Waals surface area contributed by atoms with E-state index in [4.69, 9.17) is 16.7 Å². The molecule has 0 unspecified atom stereocenters. The van der Waals surface area contributed by atoms with Crippen LogP contribution in [0.1, 0.15) is 41.1 Å². The Hall–Kier alpha value is -3.42. The van der Waals surface area contributed by atoms with Crippen molar-refractivity contribution in [3.63, 3.8) is 0 Å². The van der Waals surface area contributed by atoms with E-state index in [1.807, 2.05) is 48.3 Å². The number of thioether (sulfide) groups is 1. The fraction of sp³-hybridized carbons (Fsp3) is 0.214. The topological polar surface area (TPSA) is 74.1 Å². The van der Waals surface area contributed by atoms with Gasteiger partial charge in [0.05, 0.1) is 11.8 Å². The second-order valence-corrected chi connectivity index (χ2v) is 10.5. The van der Waals surface area contributed by atoms with Crippen molar-refractivity contribution < 1.29 is 9.59 Å². The summed E-state index contributed by atoms with van der Waals surface area (Å²) in [6.45, 7) is 3.95. The second kappa shape index (κ2) is 10.3. The van der Waals surface area contributed by atoms with E-state index in [2.05, 4.69) is 41.5 Å². The van der Waals surface area contributed by atoms with Crippen LogP contribution in [0.25, 0.3) is 0 Å². The number of carbonyl (C=O) groups is 2. The zero-order chi connectivity index (χ0) is 25.2. The van der Waals surface area contributed by atoms with E-state index < -0.39 is 5.25 Å². The Morgan fingerprint density at radius 2 is 1.83 bits per heavy atom. The summed E-state index contributed by atoms with van der Waals surface area (Å²) in [6.07, 6.45) is 0.709. The van der Waals surface area contributed by atoms with Crippen LogP contribution in [0.5, 0.6) is 0 Å². The van der Waals surface area contributed by atoms with Crippen molar-refractivity contribution in [3.05, 3.63) is 100 Å². The molecule has 0 spiro atoms. The summed E-state index contributed by atoms with van der Waals surface area (Å²) in [6, 6.07) is 23.6. The molecule has 5 rings (SSSR count). The number of hydrogen-bond donors (Lipinski definition) is 1. The zero-order valence-electron chi connectivity index (χ0n) is 19.9. The van der Waals surface area contributed by atoms with Crippen LogP contribution in [0.2, 0.25) is 5.02 Å². The van der Waals surface area contributed by atoms with Crippen LogP contribution in [0.4, 0.5) is 5.69 Å². The molecule has 0 fully saturated rings. The van der Waals surface area contributed by atoms with Crippen molar-refractivity contribution in [1.82, 2.24) is 5.01 Å². The first kappa shape index (κ1) is 24.3. The lowest BCUT2D eigenvalue weighted by Gasteiger charge is -2.23. The molecule has 0 aromatic heterocycles. The van der Waals surface area contributed by atoms with Gasteiger partial charge in [-0.3, -0.25) is 9.59 Å². The molecule has 3 aromatic carbocycles. The number of rotatable bonds is 5. The molecule has 3 aromatic rings. The maximum atomic E-state index is 12.8. The van der Waals surface area contributed by atoms with E-state index in [9.17, 15) is 9.59 Å². The van der Waals surface area contributed by atoms with Crippen molar-refractivity contribution in [2.45, 2.75) is 38.0 Å². The van der Waals surface area contributed by atoms with Crippen molar-refractivity contribution in [3.8, 4) is 0 Å². The fourth-order valence-electron chi connectivity index (χ4n) is 4.20. The summed E-state index contributed by atoms with van der Waals surface area (Å²) in [5, 5.41) is 10.1. The van der Waals surface area contributed by atoms with Gasteiger partial charge in [0.2, 0.25) is 5.91 Å². The number of aliphatic imine (C=N–C) groups is 1. The van der Waals surface area contributed by atoms with Gasteiger partial charge in [0.15, 0.2) is 5.17 Å². The van der Waals surface area contributed by atoms with Gasteiger partial charge in [0, 0.05) is 23.6 Å². The molecule has 36 heavy (non-hydrogen) atoms. The summed E-state index contributed by atoms with van der Waals surface area (Å²) >= 11 is 7.46. The Labute approximate surface area is 219 Å². The van der Waals surface area contributed by atoms with Crippen molar-refractivity contribution in [1.29, 1.82) is 0 Å². The third-order valence-electron chi connectivity index (χ3n) is 6.23. The smallest absolute Gasteiger partial charge is 0.262 e.